The Morgan fingerprint density at radius 1 is 1.47 bits per heavy atom. The molecule has 1 saturated heterocycles. The summed E-state index contributed by atoms with van der Waals surface area (Å²) in [6, 6.07) is 1.51. The first-order valence-corrected chi connectivity index (χ1v) is 7.88. The molecule has 0 aliphatic carbocycles. The van der Waals surface area contributed by atoms with E-state index in [0.717, 1.165) is 6.42 Å². The van der Waals surface area contributed by atoms with Crippen LogP contribution in [0.15, 0.2) is 0 Å². The Balaban J connectivity index is 2.29. The largest absolute Gasteiger partial charge is 0.346 e. The Hall–Kier alpha value is -1.62. The summed E-state index contributed by atoms with van der Waals surface area (Å²) in [6.07, 6.45) is 1.26. The number of sulfone groups is 1. The summed E-state index contributed by atoms with van der Waals surface area (Å²) < 4.78 is 23.0. The van der Waals surface area contributed by atoms with E-state index in [9.17, 15) is 18.0 Å². The number of unbranched alkanes of at least 4 members (excludes halogenated alkanes) is 1. The highest BCUT2D eigenvalue weighted by Gasteiger charge is 2.38. The van der Waals surface area contributed by atoms with Crippen molar-refractivity contribution in [2.75, 3.05) is 24.6 Å². The number of amides is 2. The van der Waals surface area contributed by atoms with E-state index in [0.29, 0.717) is 13.0 Å². The van der Waals surface area contributed by atoms with Crippen molar-refractivity contribution in [3.63, 3.8) is 0 Å². The number of hydrogen-bond donors (Lipinski definition) is 1. The fourth-order valence-electron chi connectivity index (χ4n) is 1.49. The highest BCUT2D eigenvalue weighted by Crippen LogP contribution is 2.15. The Morgan fingerprint density at radius 2 is 2.16 bits per heavy atom. The molecule has 0 radical (unpaired) electrons. The van der Waals surface area contributed by atoms with Gasteiger partial charge in [0.1, 0.15) is 11.8 Å². The highest BCUT2D eigenvalue weighted by atomic mass is 32.2. The fraction of sp³-hybridized carbons (Fsp3) is 0.727. The third-order valence-corrected chi connectivity index (χ3v) is 4.29. The Morgan fingerprint density at radius 3 is 2.68 bits per heavy atom. The molecule has 2 amide bonds. The molecule has 1 aliphatic rings. The first kappa shape index (κ1) is 15.4. The van der Waals surface area contributed by atoms with Gasteiger partial charge >= 0.3 is 0 Å². The summed E-state index contributed by atoms with van der Waals surface area (Å²) in [4.78, 5) is 24.1. The zero-order valence-electron chi connectivity index (χ0n) is 10.8. The molecule has 8 heteroatoms. The van der Waals surface area contributed by atoms with Gasteiger partial charge in [-0.15, -0.1) is 0 Å². The topological polar surface area (TPSA) is 107 Å². The van der Waals surface area contributed by atoms with Gasteiger partial charge in [-0.25, -0.2) is 8.42 Å². The number of hydrogen-bond acceptors (Lipinski definition) is 5. The Bertz CT molecular complexity index is 495. The van der Waals surface area contributed by atoms with Gasteiger partial charge in [-0.1, -0.05) is 13.3 Å². The van der Waals surface area contributed by atoms with Gasteiger partial charge in [-0.05, 0) is 6.42 Å². The molecule has 1 aliphatic heterocycles. The van der Waals surface area contributed by atoms with E-state index in [1.807, 2.05) is 13.0 Å². The van der Waals surface area contributed by atoms with Crippen molar-refractivity contribution in [1.82, 2.24) is 10.2 Å². The molecule has 0 aromatic heterocycles. The molecule has 1 fully saturated rings. The first-order valence-electron chi connectivity index (χ1n) is 6.06. The second-order valence-electron chi connectivity index (χ2n) is 4.41. The van der Waals surface area contributed by atoms with Crippen molar-refractivity contribution in [1.29, 1.82) is 5.26 Å². The van der Waals surface area contributed by atoms with Gasteiger partial charge in [-0.3, -0.25) is 9.59 Å². The smallest absolute Gasteiger partial charge is 0.243 e. The Kier molecular flexibility index (Phi) is 5.30. The van der Waals surface area contributed by atoms with Crippen molar-refractivity contribution in [3.8, 4) is 6.07 Å². The monoisotopic (exact) mass is 287 g/mol. The molecule has 1 N–H and O–H groups in total. The summed E-state index contributed by atoms with van der Waals surface area (Å²) in [5.74, 6) is -1.67. The quantitative estimate of drug-likeness (QED) is 0.608. The molecule has 0 bridgehead atoms. The molecule has 0 aromatic rings. The molecule has 0 saturated carbocycles. The molecule has 1 heterocycles. The van der Waals surface area contributed by atoms with E-state index in [4.69, 9.17) is 5.26 Å². The van der Waals surface area contributed by atoms with Gasteiger partial charge in [0.05, 0.1) is 24.9 Å². The first-order chi connectivity index (χ1) is 8.89. The molecular formula is C11H17N3O4S. The lowest BCUT2D eigenvalue weighted by Gasteiger charge is -2.06. The molecular weight excluding hydrogens is 270 g/mol. The van der Waals surface area contributed by atoms with Gasteiger partial charge in [0.25, 0.3) is 0 Å². The van der Waals surface area contributed by atoms with E-state index in [1.54, 1.807) is 0 Å². The number of nitrogens with one attached hydrogen (secondary N) is 1. The molecule has 0 spiro atoms. The van der Waals surface area contributed by atoms with Crippen molar-refractivity contribution < 1.29 is 18.0 Å². The third kappa shape index (κ3) is 5.26. The predicted molar refractivity (Wildman–Crippen MR) is 67.7 cm³/mol. The maximum atomic E-state index is 11.5. The van der Waals surface area contributed by atoms with Gasteiger partial charge in [-0.2, -0.15) is 5.26 Å². The number of carbonyl (C=O) groups is 2. The zero-order chi connectivity index (χ0) is 14.5. The molecule has 7 nitrogen and oxygen atoms in total. The predicted octanol–water partition coefficient (Wildman–Crippen LogP) is -0.948. The molecule has 1 rings (SSSR count). The summed E-state index contributed by atoms with van der Waals surface area (Å²) in [5, 5.41) is 10.8. The van der Waals surface area contributed by atoms with Crippen LogP contribution in [0, 0.1) is 11.3 Å². The molecule has 19 heavy (non-hydrogen) atoms. The number of rotatable bonds is 7. The summed E-state index contributed by atoms with van der Waals surface area (Å²) >= 11 is 0. The van der Waals surface area contributed by atoms with Crippen LogP contribution in [-0.4, -0.2) is 55.8 Å². The number of nitriles is 1. The summed E-state index contributed by atoms with van der Waals surface area (Å²) in [5.41, 5.74) is 0. The van der Waals surface area contributed by atoms with Gasteiger partial charge in [0, 0.05) is 0 Å². The van der Waals surface area contributed by atoms with Crippen molar-refractivity contribution in [2.45, 2.75) is 25.8 Å². The van der Waals surface area contributed by atoms with Gasteiger partial charge in [0.2, 0.25) is 11.8 Å². The summed E-state index contributed by atoms with van der Waals surface area (Å²) in [7, 11) is -3.40. The molecule has 106 valence electrons. The highest BCUT2D eigenvalue weighted by molar-refractivity contribution is 7.92. The lowest BCUT2D eigenvalue weighted by atomic mass is 10.4. The van der Waals surface area contributed by atoms with Crippen LogP contribution in [0.3, 0.4) is 0 Å². The summed E-state index contributed by atoms with van der Waals surface area (Å²) in [6.45, 7) is 1.98. The van der Waals surface area contributed by atoms with Crippen LogP contribution in [0.25, 0.3) is 0 Å². The van der Waals surface area contributed by atoms with Crippen LogP contribution < -0.4 is 5.32 Å². The van der Waals surface area contributed by atoms with Crippen LogP contribution in [-0.2, 0) is 19.4 Å². The van der Waals surface area contributed by atoms with E-state index in [2.05, 4.69) is 5.32 Å². The molecule has 0 aromatic carbocycles. The average molecular weight is 287 g/mol. The zero-order valence-corrected chi connectivity index (χ0v) is 11.6. The second kappa shape index (κ2) is 6.52. The van der Waals surface area contributed by atoms with E-state index >= 15 is 0 Å². The Labute approximate surface area is 112 Å². The van der Waals surface area contributed by atoms with Crippen LogP contribution in [0.2, 0.25) is 0 Å². The SMILES string of the molecule is CCCCS(=O)(=O)CC(=O)NCC(=O)N1CC1C#N. The van der Waals surface area contributed by atoms with E-state index in [1.165, 1.54) is 4.90 Å². The van der Waals surface area contributed by atoms with Crippen molar-refractivity contribution >= 4 is 21.7 Å². The molecule has 1 unspecified atom stereocenters. The minimum absolute atomic E-state index is 0.0203. The lowest BCUT2D eigenvalue weighted by Crippen LogP contribution is -2.37. The van der Waals surface area contributed by atoms with Gasteiger partial charge < -0.3 is 10.2 Å². The minimum Gasteiger partial charge on any atom is -0.346 e. The van der Waals surface area contributed by atoms with Gasteiger partial charge in [0.15, 0.2) is 9.84 Å². The number of nitrogens with zero attached hydrogens (tertiary/aromatic N) is 2. The van der Waals surface area contributed by atoms with Crippen LogP contribution in [0.1, 0.15) is 19.8 Å². The van der Waals surface area contributed by atoms with Crippen LogP contribution in [0.4, 0.5) is 0 Å². The standard InChI is InChI=1S/C11H17N3O4S/c1-2-3-4-19(17,18)8-10(15)13-6-11(16)14-7-9(14)5-12/h9H,2-4,6-8H2,1H3,(H,13,15). The second-order valence-corrected chi connectivity index (χ2v) is 6.60. The minimum atomic E-state index is -3.40. The maximum absolute atomic E-state index is 11.5. The molecule has 1 atom stereocenters. The van der Waals surface area contributed by atoms with E-state index < -0.39 is 27.5 Å². The lowest BCUT2D eigenvalue weighted by molar-refractivity contribution is -0.128. The number of carbonyl (C=O) groups excluding carboxylic acids is 2. The van der Waals surface area contributed by atoms with E-state index in [-0.39, 0.29) is 18.2 Å². The van der Waals surface area contributed by atoms with Crippen molar-refractivity contribution in [3.05, 3.63) is 0 Å². The van der Waals surface area contributed by atoms with Crippen molar-refractivity contribution in [2.24, 2.45) is 0 Å². The average Bonchev–Trinajstić information content (AvgIpc) is 3.12. The third-order valence-electron chi connectivity index (χ3n) is 2.68. The van der Waals surface area contributed by atoms with Crippen LogP contribution >= 0.6 is 0 Å². The van der Waals surface area contributed by atoms with Crippen LogP contribution in [0.5, 0.6) is 0 Å². The fourth-order valence-corrected chi connectivity index (χ4v) is 2.86. The normalized spacial score (nSPS) is 17.7. The maximum Gasteiger partial charge on any atom is 0.243 e.